The number of rotatable bonds is 1. The highest BCUT2D eigenvalue weighted by molar-refractivity contribution is 7.80. The van der Waals surface area contributed by atoms with Crippen LogP contribution in [-0.2, 0) is 0 Å². The molecule has 64 valence electrons. The summed E-state index contributed by atoms with van der Waals surface area (Å²) in [6.45, 7) is 4.90. The molecule has 0 aromatic rings. The highest BCUT2D eigenvalue weighted by atomic mass is 32.1. The SMILES string of the molecule is CC1(C)C2CCC1(CS)CC2. The summed E-state index contributed by atoms with van der Waals surface area (Å²) in [5.41, 5.74) is 1.20. The van der Waals surface area contributed by atoms with Crippen LogP contribution in [-0.4, -0.2) is 5.75 Å². The highest BCUT2D eigenvalue weighted by Gasteiger charge is 2.57. The van der Waals surface area contributed by atoms with Crippen LogP contribution in [0.5, 0.6) is 0 Å². The Morgan fingerprint density at radius 3 is 2.00 bits per heavy atom. The van der Waals surface area contributed by atoms with Gasteiger partial charge in [-0.25, -0.2) is 0 Å². The lowest BCUT2D eigenvalue weighted by Crippen LogP contribution is -2.31. The van der Waals surface area contributed by atoms with Crippen molar-refractivity contribution in [1.29, 1.82) is 0 Å². The van der Waals surface area contributed by atoms with Gasteiger partial charge in [0.25, 0.3) is 0 Å². The third-order valence-electron chi connectivity index (χ3n) is 4.63. The van der Waals surface area contributed by atoms with Gasteiger partial charge >= 0.3 is 0 Å². The van der Waals surface area contributed by atoms with Crippen LogP contribution in [0.4, 0.5) is 0 Å². The topological polar surface area (TPSA) is 0 Å². The zero-order valence-electron chi connectivity index (χ0n) is 7.56. The van der Waals surface area contributed by atoms with Gasteiger partial charge in [0.2, 0.25) is 0 Å². The van der Waals surface area contributed by atoms with E-state index in [1.54, 1.807) is 0 Å². The molecular formula is C10H18S. The lowest BCUT2D eigenvalue weighted by molar-refractivity contribution is 0.158. The predicted molar refractivity (Wildman–Crippen MR) is 52.0 cm³/mol. The fourth-order valence-corrected chi connectivity index (χ4v) is 4.06. The smallest absolute Gasteiger partial charge is 0.00359 e. The molecule has 0 aliphatic heterocycles. The van der Waals surface area contributed by atoms with E-state index in [9.17, 15) is 0 Å². The molecule has 1 heteroatoms. The Morgan fingerprint density at radius 1 is 1.27 bits per heavy atom. The van der Waals surface area contributed by atoms with Crippen LogP contribution in [0, 0.1) is 16.7 Å². The standard InChI is InChI=1S/C10H18S/c1-9(2)8-3-5-10(9,7-11)6-4-8/h8,11H,3-7H2,1-2H3. The van der Waals surface area contributed by atoms with Crippen LogP contribution < -0.4 is 0 Å². The van der Waals surface area contributed by atoms with Crippen molar-refractivity contribution in [3.8, 4) is 0 Å². The second-order valence-corrected chi connectivity index (χ2v) is 5.25. The maximum Gasteiger partial charge on any atom is -0.00359 e. The van der Waals surface area contributed by atoms with Gasteiger partial charge in [0, 0.05) is 0 Å². The van der Waals surface area contributed by atoms with Crippen molar-refractivity contribution in [3.63, 3.8) is 0 Å². The first-order valence-corrected chi connectivity index (χ1v) is 5.36. The second-order valence-electron chi connectivity index (χ2n) is 4.93. The Morgan fingerprint density at radius 2 is 1.82 bits per heavy atom. The molecule has 2 rings (SSSR count). The molecule has 0 heterocycles. The number of hydrogen-bond acceptors (Lipinski definition) is 1. The third kappa shape index (κ3) is 0.783. The van der Waals surface area contributed by atoms with E-state index in [0.717, 1.165) is 11.7 Å². The molecule has 0 N–H and O–H groups in total. The molecule has 0 aromatic carbocycles. The van der Waals surface area contributed by atoms with Gasteiger partial charge in [-0.1, -0.05) is 13.8 Å². The zero-order valence-corrected chi connectivity index (χ0v) is 8.45. The normalized spacial score (nSPS) is 46.6. The minimum Gasteiger partial charge on any atom is -0.179 e. The van der Waals surface area contributed by atoms with Gasteiger partial charge in [0.1, 0.15) is 0 Å². The van der Waals surface area contributed by atoms with Gasteiger partial charge < -0.3 is 0 Å². The summed E-state index contributed by atoms with van der Waals surface area (Å²) < 4.78 is 0. The third-order valence-corrected chi connectivity index (χ3v) is 5.24. The summed E-state index contributed by atoms with van der Waals surface area (Å²) in [4.78, 5) is 0. The summed E-state index contributed by atoms with van der Waals surface area (Å²) >= 11 is 4.52. The van der Waals surface area contributed by atoms with Gasteiger partial charge in [0.15, 0.2) is 0 Å². The first-order valence-electron chi connectivity index (χ1n) is 4.73. The van der Waals surface area contributed by atoms with Gasteiger partial charge in [-0.3, -0.25) is 0 Å². The van der Waals surface area contributed by atoms with Crippen LogP contribution in [0.25, 0.3) is 0 Å². The molecule has 0 radical (unpaired) electrons. The molecule has 2 aliphatic carbocycles. The minimum atomic E-state index is 0.592. The Labute approximate surface area is 75.2 Å². The Kier molecular flexibility index (Phi) is 1.58. The maximum absolute atomic E-state index is 4.52. The van der Waals surface area contributed by atoms with Crippen LogP contribution in [0.15, 0.2) is 0 Å². The van der Waals surface area contributed by atoms with E-state index >= 15 is 0 Å². The molecular weight excluding hydrogens is 152 g/mol. The van der Waals surface area contributed by atoms with E-state index < -0.39 is 0 Å². The second kappa shape index (κ2) is 2.18. The summed E-state index contributed by atoms with van der Waals surface area (Å²) in [5, 5.41) is 0. The molecule has 2 saturated carbocycles. The predicted octanol–water partition coefficient (Wildman–Crippen LogP) is 3.13. The van der Waals surface area contributed by atoms with Crippen LogP contribution in [0.3, 0.4) is 0 Å². The van der Waals surface area contributed by atoms with Crippen LogP contribution >= 0.6 is 12.6 Å². The monoisotopic (exact) mass is 170 g/mol. The molecule has 0 spiro atoms. The van der Waals surface area contributed by atoms with Crippen molar-refractivity contribution < 1.29 is 0 Å². The minimum absolute atomic E-state index is 0.592. The lowest BCUT2D eigenvalue weighted by atomic mass is 9.71. The number of fused-ring (bicyclic) bond motifs is 2. The molecule has 2 fully saturated rings. The molecule has 0 saturated heterocycles. The van der Waals surface area contributed by atoms with Crippen molar-refractivity contribution in [2.45, 2.75) is 39.5 Å². The van der Waals surface area contributed by atoms with Crippen molar-refractivity contribution in [2.75, 3.05) is 5.75 Å². The van der Waals surface area contributed by atoms with E-state index in [-0.39, 0.29) is 0 Å². The summed E-state index contributed by atoms with van der Waals surface area (Å²) in [6, 6.07) is 0. The van der Waals surface area contributed by atoms with E-state index in [4.69, 9.17) is 0 Å². The zero-order chi connectivity index (χ0) is 8.11. The summed E-state index contributed by atoms with van der Waals surface area (Å²) in [7, 11) is 0. The largest absolute Gasteiger partial charge is 0.179 e. The summed E-state index contributed by atoms with van der Waals surface area (Å²) in [6.07, 6.45) is 5.81. The van der Waals surface area contributed by atoms with Gasteiger partial charge in [0.05, 0.1) is 0 Å². The van der Waals surface area contributed by atoms with Gasteiger partial charge in [-0.2, -0.15) is 12.6 Å². The maximum atomic E-state index is 4.52. The van der Waals surface area contributed by atoms with Crippen molar-refractivity contribution in [1.82, 2.24) is 0 Å². The molecule has 0 aromatic heterocycles. The Balaban J connectivity index is 2.34. The molecule has 2 bridgehead atoms. The number of thiol groups is 1. The fraction of sp³-hybridized carbons (Fsp3) is 1.00. The van der Waals surface area contributed by atoms with E-state index in [1.165, 1.54) is 25.7 Å². The van der Waals surface area contributed by atoms with E-state index in [1.807, 2.05) is 0 Å². The van der Waals surface area contributed by atoms with E-state index in [0.29, 0.717) is 10.8 Å². The Bertz CT molecular complexity index is 164. The first kappa shape index (κ1) is 7.97. The fourth-order valence-electron chi connectivity index (χ4n) is 3.33. The molecule has 0 amide bonds. The summed E-state index contributed by atoms with van der Waals surface area (Å²) in [5.74, 6) is 2.12. The lowest BCUT2D eigenvalue weighted by Gasteiger charge is -2.36. The average molecular weight is 170 g/mol. The van der Waals surface area contributed by atoms with Gasteiger partial charge in [-0.15, -0.1) is 0 Å². The molecule has 0 atom stereocenters. The molecule has 11 heavy (non-hydrogen) atoms. The first-order chi connectivity index (χ1) is 5.12. The van der Waals surface area contributed by atoms with Crippen molar-refractivity contribution in [2.24, 2.45) is 16.7 Å². The molecule has 0 unspecified atom stereocenters. The quantitative estimate of drug-likeness (QED) is 0.574. The van der Waals surface area contributed by atoms with Crippen LogP contribution in [0.1, 0.15) is 39.5 Å². The highest BCUT2D eigenvalue weighted by Crippen LogP contribution is 2.65. The molecule has 2 aliphatic rings. The van der Waals surface area contributed by atoms with E-state index in [2.05, 4.69) is 26.5 Å². The molecule has 0 nitrogen and oxygen atoms in total. The number of hydrogen-bond donors (Lipinski definition) is 1. The average Bonchev–Trinajstić information content (AvgIpc) is 2.39. The Hall–Kier alpha value is 0.350. The van der Waals surface area contributed by atoms with Crippen LogP contribution in [0.2, 0.25) is 0 Å². The van der Waals surface area contributed by atoms with Crippen molar-refractivity contribution >= 4 is 12.6 Å². The van der Waals surface area contributed by atoms with Gasteiger partial charge in [-0.05, 0) is 48.2 Å². The van der Waals surface area contributed by atoms with Crippen molar-refractivity contribution in [3.05, 3.63) is 0 Å².